The molecular formula is C15H22FN3O. The van der Waals surface area contributed by atoms with Crippen LogP contribution in [0.2, 0.25) is 0 Å². The molecule has 20 heavy (non-hydrogen) atoms. The molecule has 1 aliphatic rings. The Labute approximate surface area is 119 Å². The van der Waals surface area contributed by atoms with Crippen LogP contribution >= 0.6 is 0 Å². The number of carbonyl (C=O) groups excluding carboxylic acids is 1. The Morgan fingerprint density at radius 3 is 2.70 bits per heavy atom. The zero-order valence-electron chi connectivity index (χ0n) is 12.1. The monoisotopic (exact) mass is 279 g/mol. The van der Waals surface area contributed by atoms with Gasteiger partial charge in [-0.3, -0.25) is 4.79 Å². The van der Waals surface area contributed by atoms with Gasteiger partial charge in [0.25, 0.3) is 0 Å². The van der Waals surface area contributed by atoms with Crippen molar-refractivity contribution in [3.8, 4) is 0 Å². The van der Waals surface area contributed by atoms with Gasteiger partial charge in [-0.25, -0.2) is 4.39 Å². The molecule has 1 heterocycles. The third-order valence-electron chi connectivity index (χ3n) is 3.62. The summed E-state index contributed by atoms with van der Waals surface area (Å²) in [6.45, 7) is 4.24. The van der Waals surface area contributed by atoms with Gasteiger partial charge < -0.3 is 15.5 Å². The van der Waals surface area contributed by atoms with E-state index in [0.717, 1.165) is 25.9 Å². The van der Waals surface area contributed by atoms with E-state index in [-0.39, 0.29) is 17.6 Å². The standard InChI is InChI=1S/C15H22FN3O/c1-11(10-17-2)15(20)18-12-5-6-14(13(16)9-12)19-7-3-4-8-19/h5-6,9,11,17H,3-4,7-8,10H2,1-2H3,(H,18,20). The number of rotatable bonds is 5. The quantitative estimate of drug-likeness (QED) is 0.868. The van der Waals surface area contributed by atoms with Crippen LogP contribution in [0.3, 0.4) is 0 Å². The number of benzene rings is 1. The Morgan fingerprint density at radius 2 is 2.10 bits per heavy atom. The normalized spacial score (nSPS) is 16.2. The average Bonchev–Trinajstić information content (AvgIpc) is 2.93. The highest BCUT2D eigenvalue weighted by molar-refractivity contribution is 5.92. The lowest BCUT2D eigenvalue weighted by molar-refractivity contribution is -0.119. The van der Waals surface area contributed by atoms with Crippen LogP contribution in [0.1, 0.15) is 19.8 Å². The van der Waals surface area contributed by atoms with E-state index in [1.54, 1.807) is 19.2 Å². The molecule has 0 aromatic heterocycles. The molecule has 0 spiro atoms. The fraction of sp³-hybridized carbons (Fsp3) is 0.533. The summed E-state index contributed by atoms with van der Waals surface area (Å²) in [6.07, 6.45) is 2.22. The molecule has 1 atom stereocenters. The van der Waals surface area contributed by atoms with Crippen molar-refractivity contribution in [1.29, 1.82) is 0 Å². The second-order valence-corrected chi connectivity index (χ2v) is 5.31. The summed E-state index contributed by atoms with van der Waals surface area (Å²) in [6, 6.07) is 4.91. The molecule has 0 radical (unpaired) electrons. The van der Waals surface area contributed by atoms with Gasteiger partial charge in [0.05, 0.1) is 5.69 Å². The van der Waals surface area contributed by atoms with Crippen molar-refractivity contribution in [2.24, 2.45) is 5.92 Å². The first-order chi connectivity index (χ1) is 9.61. The van der Waals surface area contributed by atoms with Gasteiger partial charge in [-0.15, -0.1) is 0 Å². The van der Waals surface area contributed by atoms with Crippen molar-refractivity contribution >= 4 is 17.3 Å². The highest BCUT2D eigenvalue weighted by Gasteiger charge is 2.17. The molecule has 1 aromatic carbocycles. The smallest absolute Gasteiger partial charge is 0.228 e. The minimum atomic E-state index is -0.272. The van der Waals surface area contributed by atoms with E-state index in [1.165, 1.54) is 6.07 Å². The van der Waals surface area contributed by atoms with Crippen LogP contribution in [0.5, 0.6) is 0 Å². The van der Waals surface area contributed by atoms with Crippen molar-refractivity contribution in [3.63, 3.8) is 0 Å². The fourth-order valence-corrected chi connectivity index (χ4v) is 2.46. The van der Waals surface area contributed by atoms with E-state index < -0.39 is 0 Å². The summed E-state index contributed by atoms with van der Waals surface area (Å²) >= 11 is 0. The molecule has 2 rings (SSSR count). The van der Waals surface area contributed by atoms with Crippen molar-refractivity contribution in [1.82, 2.24) is 5.32 Å². The third-order valence-corrected chi connectivity index (χ3v) is 3.62. The fourth-order valence-electron chi connectivity index (χ4n) is 2.46. The van der Waals surface area contributed by atoms with Crippen molar-refractivity contribution < 1.29 is 9.18 Å². The van der Waals surface area contributed by atoms with E-state index in [4.69, 9.17) is 0 Å². The molecule has 2 N–H and O–H groups in total. The maximum atomic E-state index is 14.1. The van der Waals surface area contributed by atoms with E-state index in [1.807, 2.05) is 11.8 Å². The summed E-state index contributed by atoms with van der Waals surface area (Å²) in [7, 11) is 1.80. The topological polar surface area (TPSA) is 44.4 Å². The molecule has 1 fully saturated rings. The van der Waals surface area contributed by atoms with Gasteiger partial charge in [0.1, 0.15) is 5.82 Å². The van der Waals surface area contributed by atoms with Gasteiger partial charge in [-0.05, 0) is 38.1 Å². The molecule has 0 aliphatic carbocycles. The van der Waals surface area contributed by atoms with Crippen LogP contribution in [0, 0.1) is 11.7 Å². The lowest BCUT2D eigenvalue weighted by Crippen LogP contribution is -2.28. The second-order valence-electron chi connectivity index (χ2n) is 5.31. The summed E-state index contributed by atoms with van der Waals surface area (Å²) < 4.78 is 14.1. The van der Waals surface area contributed by atoms with Gasteiger partial charge in [0.2, 0.25) is 5.91 Å². The van der Waals surface area contributed by atoms with Gasteiger partial charge in [0.15, 0.2) is 0 Å². The van der Waals surface area contributed by atoms with Gasteiger partial charge >= 0.3 is 0 Å². The van der Waals surface area contributed by atoms with Crippen molar-refractivity contribution in [2.75, 3.05) is 36.9 Å². The molecule has 1 aromatic rings. The van der Waals surface area contributed by atoms with E-state index in [2.05, 4.69) is 10.6 Å². The molecule has 1 amide bonds. The molecule has 110 valence electrons. The van der Waals surface area contributed by atoms with Crippen LogP contribution in [-0.4, -0.2) is 32.6 Å². The summed E-state index contributed by atoms with van der Waals surface area (Å²) in [4.78, 5) is 13.9. The highest BCUT2D eigenvalue weighted by Crippen LogP contribution is 2.26. The second kappa shape index (κ2) is 6.70. The van der Waals surface area contributed by atoms with Gasteiger partial charge in [-0.1, -0.05) is 6.92 Å². The average molecular weight is 279 g/mol. The Morgan fingerprint density at radius 1 is 1.40 bits per heavy atom. The molecule has 1 saturated heterocycles. The number of carbonyl (C=O) groups is 1. The predicted octanol–water partition coefficient (Wildman–Crippen LogP) is 2.22. The van der Waals surface area contributed by atoms with Crippen molar-refractivity contribution in [2.45, 2.75) is 19.8 Å². The number of anilines is 2. The maximum Gasteiger partial charge on any atom is 0.228 e. The number of hydrogen-bond acceptors (Lipinski definition) is 3. The summed E-state index contributed by atoms with van der Waals surface area (Å²) in [5.41, 5.74) is 1.14. The zero-order chi connectivity index (χ0) is 14.5. The number of hydrogen-bond donors (Lipinski definition) is 2. The molecule has 4 nitrogen and oxygen atoms in total. The SMILES string of the molecule is CNCC(C)C(=O)Nc1ccc(N2CCCC2)c(F)c1. The number of halogens is 1. The number of nitrogens with zero attached hydrogens (tertiary/aromatic N) is 1. The maximum absolute atomic E-state index is 14.1. The van der Waals surface area contributed by atoms with Crippen LogP contribution in [0.15, 0.2) is 18.2 Å². The molecular weight excluding hydrogens is 257 g/mol. The molecule has 0 bridgehead atoms. The molecule has 5 heteroatoms. The first kappa shape index (κ1) is 14.8. The van der Waals surface area contributed by atoms with E-state index in [0.29, 0.717) is 17.9 Å². The minimum Gasteiger partial charge on any atom is -0.369 e. The highest BCUT2D eigenvalue weighted by atomic mass is 19.1. The Hall–Kier alpha value is -1.62. The first-order valence-corrected chi connectivity index (χ1v) is 7.12. The van der Waals surface area contributed by atoms with Gasteiger partial charge in [-0.2, -0.15) is 0 Å². The largest absolute Gasteiger partial charge is 0.369 e. The summed E-state index contributed by atoms with van der Waals surface area (Å²) in [5.74, 6) is -0.528. The lowest BCUT2D eigenvalue weighted by Gasteiger charge is -2.19. The minimum absolute atomic E-state index is 0.104. The predicted molar refractivity (Wildman–Crippen MR) is 79.6 cm³/mol. The molecule has 1 unspecified atom stereocenters. The zero-order valence-corrected chi connectivity index (χ0v) is 12.1. The van der Waals surface area contributed by atoms with Crippen LogP contribution in [-0.2, 0) is 4.79 Å². The Balaban J connectivity index is 2.03. The number of nitrogens with one attached hydrogen (secondary N) is 2. The summed E-state index contributed by atoms with van der Waals surface area (Å²) in [5, 5.41) is 5.70. The van der Waals surface area contributed by atoms with Crippen LogP contribution in [0.4, 0.5) is 15.8 Å². The molecule has 0 saturated carbocycles. The van der Waals surface area contributed by atoms with E-state index >= 15 is 0 Å². The Kier molecular flexibility index (Phi) is 4.95. The van der Waals surface area contributed by atoms with Crippen LogP contribution in [0.25, 0.3) is 0 Å². The first-order valence-electron chi connectivity index (χ1n) is 7.12. The molecule has 1 aliphatic heterocycles. The number of amides is 1. The Bertz CT molecular complexity index is 472. The van der Waals surface area contributed by atoms with Crippen molar-refractivity contribution in [3.05, 3.63) is 24.0 Å². The third kappa shape index (κ3) is 3.48. The lowest BCUT2D eigenvalue weighted by atomic mass is 10.1. The van der Waals surface area contributed by atoms with Crippen LogP contribution < -0.4 is 15.5 Å². The van der Waals surface area contributed by atoms with E-state index in [9.17, 15) is 9.18 Å². The van der Waals surface area contributed by atoms with Gasteiger partial charge in [0, 0.05) is 31.2 Å².